The van der Waals surface area contributed by atoms with E-state index in [4.69, 9.17) is 4.52 Å². The third-order valence-corrected chi connectivity index (χ3v) is 6.11. The summed E-state index contributed by atoms with van der Waals surface area (Å²) >= 11 is 0. The first-order valence-electron chi connectivity index (χ1n) is 10.2. The Morgan fingerprint density at radius 2 is 2.24 bits per heavy atom. The van der Waals surface area contributed by atoms with E-state index in [9.17, 15) is 4.79 Å². The Bertz CT molecular complexity index is 1040. The molecule has 0 radical (unpaired) electrons. The van der Waals surface area contributed by atoms with Crippen molar-refractivity contribution in [3.8, 4) is 0 Å². The van der Waals surface area contributed by atoms with Gasteiger partial charge in [-0.25, -0.2) is 0 Å². The number of rotatable bonds is 5. The standard InChI is InChI=1S/C22H25N5O2/c1-14-13-29-26-21(14)12-27-10-16-6-5-15(7-17(16)11-27)8-23-22(28)18-3-2-4-20-19(18)9-24-25-20/h5-7,9,13,18H,2-4,8,10-12H2,1H3,(H,23,28)(H,24,25). The zero-order valence-corrected chi connectivity index (χ0v) is 16.6. The smallest absolute Gasteiger partial charge is 0.227 e. The van der Waals surface area contributed by atoms with Gasteiger partial charge >= 0.3 is 0 Å². The normalized spacial score (nSPS) is 18.4. The van der Waals surface area contributed by atoms with Gasteiger partial charge in [0.15, 0.2) is 0 Å². The van der Waals surface area contributed by atoms with Crippen LogP contribution in [-0.2, 0) is 37.4 Å². The van der Waals surface area contributed by atoms with Crippen LogP contribution in [0.1, 0.15) is 58.0 Å². The first-order valence-corrected chi connectivity index (χ1v) is 10.2. The van der Waals surface area contributed by atoms with Crippen LogP contribution in [-0.4, -0.2) is 26.2 Å². The molecule has 7 heteroatoms. The van der Waals surface area contributed by atoms with Crippen molar-refractivity contribution in [2.45, 2.75) is 58.3 Å². The van der Waals surface area contributed by atoms with E-state index in [2.05, 4.69) is 43.8 Å². The number of carbonyl (C=O) groups excluding carboxylic acids is 1. The minimum absolute atomic E-state index is 0.0897. The summed E-state index contributed by atoms with van der Waals surface area (Å²) in [7, 11) is 0. The molecule has 150 valence electrons. The van der Waals surface area contributed by atoms with Crippen molar-refractivity contribution in [3.05, 3.63) is 69.9 Å². The molecule has 5 rings (SSSR count). The zero-order chi connectivity index (χ0) is 19.8. The largest absolute Gasteiger partial charge is 0.364 e. The van der Waals surface area contributed by atoms with Gasteiger partial charge in [0, 0.05) is 43.0 Å². The Kier molecular flexibility index (Phi) is 4.67. The highest BCUT2D eigenvalue weighted by atomic mass is 16.5. The number of aryl methyl sites for hydroxylation is 2. The lowest BCUT2D eigenvalue weighted by atomic mass is 9.86. The number of H-pyrrole nitrogens is 1. The van der Waals surface area contributed by atoms with Crippen LogP contribution >= 0.6 is 0 Å². The molecule has 2 aliphatic rings. The number of hydrogen-bond acceptors (Lipinski definition) is 5. The molecule has 1 unspecified atom stereocenters. The van der Waals surface area contributed by atoms with Gasteiger partial charge in [-0.05, 0) is 42.9 Å². The molecular formula is C22H25N5O2. The summed E-state index contributed by atoms with van der Waals surface area (Å²) in [5.41, 5.74) is 8.06. The SMILES string of the molecule is Cc1conc1CN1Cc2ccc(CNC(=O)C3CCCc4[nH]ncc43)cc2C1. The van der Waals surface area contributed by atoms with Crippen molar-refractivity contribution >= 4 is 5.91 Å². The van der Waals surface area contributed by atoms with Crippen LogP contribution in [0.5, 0.6) is 0 Å². The van der Waals surface area contributed by atoms with E-state index in [0.717, 1.165) is 67.0 Å². The van der Waals surface area contributed by atoms with Gasteiger partial charge in [0.05, 0.1) is 12.1 Å². The van der Waals surface area contributed by atoms with Gasteiger partial charge in [0.1, 0.15) is 12.0 Å². The molecule has 2 N–H and O–H groups in total. The predicted octanol–water partition coefficient (Wildman–Crippen LogP) is 2.96. The maximum Gasteiger partial charge on any atom is 0.227 e. The van der Waals surface area contributed by atoms with Crippen molar-refractivity contribution in [1.29, 1.82) is 0 Å². The van der Waals surface area contributed by atoms with E-state index in [-0.39, 0.29) is 11.8 Å². The van der Waals surface area contributed by atoms with Crippen LogP contribution < -0.4 is 5.32 Å². The highest BCUT2D eigenvalue weighted by Gasteiger charge is 2.28. The molecule has 0 spiro atoms. The van der Waals surface area contributed by atoms with Crippen molar-refractivity contribution in [3.63, 3.8) is 0 Å². The fraction of sp³-hybridized carbons (Fsp3) is 0.409. The highest BCUT2D eigenvalue weighted by Crippen LogP contribution is 2.30. The Balaban J connectivity index is 1.21. The maximum absolute atomic E-state index is 12.8. The molecule has 1 amide bonds. The number of amides is 1. The minimum Gasteiger partial charge on any atom is -0.364 e. The molecule has 2 aromatic heterocycles. The first kappa shape index (κ1) is 18.1. The van der Waals surface area contributed by atoms with Crippen molar-refractivity contribution in [1.82, 2.24) is 25.6 Å². The van der Waals surface area contributed by atoms with Crippen LogP contribution in [0.3, 0.4) is 0 Å². The van der Waals surface area contributed by atoms with Gasteiger partial charge in [-0.3, -0.25) is 14.8 Å². The number of fused-ring (bicyclic) bond motifs is 2. The van der Waals surface area contributed by atoms with E-state index >= 15 is 0 Å². The molecule has 3 heterocycles. The van der Waals surface area contributed by atoms with Crippen LogP contribution in [0.15, 0.2) is 35.2 Å². The molecule has 7 nitrogen and oxygen atoms in total. The molecule has 1 aliphatic heterocycles. The van der Waals surface area contributed by atoms with Gasteiger partial charge < -0.3 is 9.84 Å². The lowest BCUT2D eigenvalue weighted by molar-refractivity contribution is -0.123. The number of aromatic amines is 1. The zero-order valence-electron chi connectivity index (χ0n) is 16.6. The van der Waals surface area contributed by atoms with Crippen molar-refractivity contribution < 1.29 is 9.32 Å². The second-order valence-electron chi connectivity index (χ2n) is 8.16. The summed E-state index contributed by atoms with van der Waals surface area (Å²) in [5, 5.41) is 14.4. The molecule has 0 saturated carbocycles. The molecule has 0 fully saturated rings. The van der Waals surface area contributed by atoms with E-state index in [1.165, 1.54) is 11.1 Å². The molecule has 1 atom stereocenters. The lowest BCUT2D eigenvalue weighted by Crippen LogP contribution is -2.30. The number of carbonyl (C=O) groups is 1. The molecule has 0 bridgehead atoms. The highest BCUT2D eigenvalue weighted by molar-refractivity contribution is 5.84. The summed E-state index contributed by atoms with van der Waals surface area (Å²) in [6.45, 7) is 5.18. The predicted molar refractivity (Wildman–Crippen MR) is 107 cm³/mol. The fourth-order valence-electron chi connectivity index (χ4n) is 4.46. The van der Waals surface area contributed by atoms with Crippen LogP contribution in [0.25, 0.3) is 0 Å². The van der Waals surface area contributed by atoms with E-state index in [0.29, 0.717) is 6.54 Å². The second kappa shape index (κ2) is 7.48. The molecule has 3 aromatic rings. The molecule has 0 saturated heterocycles. The van der Waals surface area contributed by atoms with Crippen LogP contribution in [0.2, 0.25) is 0 Å². The summed E-state index contributed by atoms with van der Waals surface area (Å²) in [4.78, 5) is 15.1. The minimum atomic E-state index is -0.0897. The summed E-state index contributed by atoms with van der Waals surface area (Å²) in [5.74, 6) is 0.00380. The first-order chi connectivity index (χ1) is 14.2. The Hall–Kier alpha value is -2.93. The average Bonchev–Trinajstić information content (AvgIpc) is 3.45. The van der Waals surface area contributed by atoms with E-state index in [1.54, 1.807) is 12.5 Å². The summed E-state index contributed by atoms with van der Waals surface area (Å²) in [6, 6.07) is 6.52. The quantitative estimate of drug-likeness (QED) is 0.698. The average molecular weight is 391 g/mol. The Labute approximate surface area is 169 Å². The van der Waals surface area contributed by atoms with Crippen LogP contribution in [0.4, 0.5) is 0 Å². The molecule has 1 aliphatic carbocycles. The van der Waals surface area contributed by atoms with E-state index < -0.39 is 0 Å². The van der Waals surface area contributed by atoms with Gasteiger partial charge in [-0.15, -0.1) is 0 Å². The Morgan fingerprint density at radius 3 is 3.10 bits per heavy atom. The second-order valence-corrected chi connectivity index (χ2v) is 8.16. The van der Waals surface area contributed by atoms with Gasteiger partial charge in [0.25, 0.3) is 0 Å². The lowest BCUT2D eigenvalue weighted by Gasteiger charge is -2.21. The van der Waals surface area contributed by atoms with Crippen LogP contribution in [0, 0.1) is 6.92 Å². The third-order valence-electron chi connectivity index (χ3n) is 6.11. The van der Waals surface area contributed by atoms with Gasteiger partial charge in [-0.1, -0.05) is 23.4 Å². The number of hydrogen-bond donors (Lipinski definition) is 2. The topological polar surface area (TPSA) is 87.0 Å². The fourth-order valence-corrected chi connectivity index (χ4v) is 4.46. The molecular weight excluding hydrogens is 366 g/mol. The Morgan fingerprint density at radius 1 is 1.34 bits per heavy atom. The monoisotopic (exact) mass is 391 g/mol. The number of aromatic nitrogens is 3. The van der Waals surface area contributed by atoms with Gasteiger partial charge in [-0.2, -0.15) is 5.10 Å². The number of nitrogens with zero attached hydrogens (tertiary/aromatic N) is 3. The maximum atomic E-state index is 12.8. The third kappa shape index (κ3) is 3.58. The molecule has 1 aromatic carbocycles. The van der Waals surface area contributed by atoms with Crippen molar-refractivity contribution in [2.24, 2.45) is 0 Å². The number of benzene rings is 1. The van der Waals surface area contributed by atoms with Gasteiger partial charge in [0.2, 0.25) is 5.91 Å². The summed E-state index contributed by atoms with van der Waals surface area (Å²) in [6.07, 6.45) is 6.39. The molecule has 29 heavy (non-hydrogen) atoms. The number of nitrogens with one attached hydrogen (secondary N) is 2. The van der Waals surface area contributed by atoms with E-state index in [1.807, 2.05) is 6.92 Å². The van der Waals surface area contributed by atoms with Crippen molar-refractivity contribution in [2.75, 3.05) is 0 Å². The summed E-state index contributed by atoms with van der Waals surface area (Å²) < 4.78 is 5.05.